The molecule has 1 fully saturated rings. The quantitative estimate of drug-likeness (QED) is 0.0160. The minimum absolute atomic E-state index is 0. The van der Waals surface area contributed by atoms with E-state index in [9.17, 15) is 43.8 Å². The Kier molecular flexibility index (Phi) is 28.1. The number of amides is 9. The van der Waals surface area contributed by atoms with Crippen molar-refractivity contribution in [3.05, 3.63) is 138 Å². The number of aliphatic imine (C=N–C) groups is 1. The predicted octanol–water partition coefficient (Wildman–Crippen LogP) is 3.27. The number of aliphatic hydroxyl groups is 1. The normalized spacial score (nSPS) is 15.3. The maximum Gasteiger partial charge on any atom is 0.408 e. The van der Waals surface area contributed by atoms with Gasteiger partial charge in [-0.3, -0.25) is 43.3 Å². The fourth-order valence-corrected chi connectivity index (χ4v) is 11.2. The topological polar surface area (TPSA) is 399 Å². The van der Waals surface area contributed by atoms with Crippen molar-refractivity contribution in [2.24, 2.45) is 28.3 Å². The van der Waals surface area contributed by atoms with E-state index in [1.165, 1.54) is 29.2 Å². The van der Waals surface area contributed by atoms with Crippen molar-refractivity contribution in [1.29, 1.82) is 0 Å². The van der Waals surface area contributed by atoms with Crippen LogP contribution in [0.3, 0.4) is 0 Å². The number of aromatic amines is 2. The van der Waals surface area contributed by atoms with Gasteiger partial charge in [-0.05, 0) is 97.4 Å². The van der Waals surface area contributed by atoms with Crippen LogP contribution in [-0.4, -0.2) is 159 Å². The Morgan fingerprint density at radius 2 is 1.14 bits per heavy atom. The molecule has 1 saturated heterocycles. The van der Waals surface area contributed by atoms with Crippen molar-refractivity contribution in [3.8, 4) is 5.75 Å². The van der Waals surface area contributed by atoms with Gasteiger partial charge in [-0.25, -0.2) is 4.79 Å². The Bertz CT molecular complexity index is 3560. The van der Waals surface area contributed by atoms with Crippen LogP contribution in [0.4, 0.5) is 4.79 Å². The van der Waals surface area contributed by atoms with Crippen molar-refractivity contribution in [2.45, 2.75) is 147 Å². The summed E-state index contributed by atoms with van der Waals surface area (Å²) in [6.45, 7) is 8.71. The molecule has 0 spiro atoms. The van der Waals surface area contributed by atoms with Gasteiger partial charge >= 0.3 is 6.09 Å². The number of hydrogen-bond acceptors (Lipinski definition) is 13. The molecule has 7 rings (SSSR count). The van der Waals surface area contributed by atoms with E-state index in [-0.39, 0.29) is 94.2 Å². The molecule has 16 N–H and O–H groups in total. The number of H-pyrrole nitrogens is 2. The van der Waals surface area contributed by atoms with Gasteiger partial charge in [0.25, 0.3) is 0 Å². The van der Waals surface area contributed by atoms with E-state index in [1.54, 1.807) is 62.6 Å². The van der Waals surface area contributed by atoms with Crippen LogP contribution >= 0.6 is 12.4 Å². The fourth-order valence-electron chi connectivity index (χ4n) is 11.2. The molecule has 0 unspecified atom stereocenters. The third-order valence-electron chi connectivity index (χ3n) is 16.4. The van der Waals surface area contributed by atoms with Crippen LogP contribution in [0.25, 0.3) is 21.8 Å². The minimum atomic E-state index is -1.75. The van der Waals surface area contributed by atoms with Crippen LogP contribution in [0.5, 0.6) is 5.75 Å². The monoisotopic (exact) mass is 1320 g/mol. The summed E-state index contributed by atoms with van der Waals surface area (Å²) >= 11 is 0. The third-order valence-corrected chi connectivity index (χ3v) is 16.4. The average molecular weight is 1320 g/mol. The van der Waals surface area contributed by atoms with Crippen molar-refractivity contribution >= 4 is 93.5 Å². The molecule has 3 heterocycles. The number of nitrogens with two attached hydrogens (primary N) is 2. The number of ether oxygens (including phenoxy) is 1. The number of phenolic OH excluding ortho intramolecular Hbond substituents is 1. The molecule has 0 bridgehead atoms. The van der Waals surface area contributed by atoms with Gasteiger partial charge in [-0.15, -0.1) is 12.4 Å². The first kappa shape index (κ1) is 73.4. The van der Waals surface area contributed by atoms with E-state index in [0.29, 0.717) is 48.1 Å². The molecular weight excluding hydrogens is 1230 g/mol. The second-order valence-electron chi connectivity index (χ2n) is 23.8. The molecular formula is C67H89ClN14O12. The van der Waals surface area contributed by atoms with Crippen molar-refractivity contribution in [3.63, 3.8) is 0 Å². The van der Waals surface area contributed by atoms with Crippen molar-refractivity contribution in [1.82, 2.24) is 57.4 Å². The number of carbonyl (C=O) groups is 9. The Morgan fingerprint density at radius 3 is 1.69 bits per heavy atom. The summed E-state index contributed by atoms with van der Waals surface area (Å²) in [4.78, 5) is 141. The molecule has 9 atom stereocenters. The summed E-state index contributed by atoms with van der Waals surface area (Å²) in [5, 5.41) is 44.6. The van der Waals surface area contributed by atoms with Gasteiger partial charge in [0.05, 0.1) is 6.61 Å². The number of rotatable bonds is 33. The number of halogens is 1. The minimum Gasteiger partial charge on any atom is -0.508 e. The number of alkyl carbamates (subject to hydrolysis) is 1. The van der Waals surface area contributed by atoms with E-state index in [4.69, 9.17) is 16.2 Å². The lowest BCUT2D eigenvalue weighted by Crippen LogP contribution is -2.61. The van der Waals surface area contributed by atoms with Gasteiger partial charge in [0, 0.05) is 73.1 Å². The first-order valence-electron chi connectivity index (χ1n) is 31.6. The molecule has 26 nitrogen and oxygen atoms in total. The molecule has 4 aromatic carbocycles. The largest absolute Gasteiger partial charge is 0.508 e. The number of guanidine groups is 1. The highest BCUT2D eigenvalue weighted by Gasteiger charge is 2.40. The Labute approximate surface area is 552 Å². The number of nitrogens with zero attached hydrogens (tertiary/aromatic N) is 2. The number of aliphatic hydroxyl groups excluding tert-OH is 1. The lowest BCUT2D eigenvalue weighted by molar-refractivity contribution is -0.142. The third kappa shape index (κ3) is 20.9. The number of likely N-dealkylation sites (tertiary alicyclic amines) is 1. The maximum atomic E-state index is 15.1. The number of aromatic hydroxyl groups is 1. The average Bonchev–Trinajstić information content (AvgIpc) is 1.63. The second-order valence-corrected chi connectivity index (χ2v) is 23.8. The molecule has 27 heteroatoms. The SMILES string of the molecule is CCNC(=O)[C@@H]1CCCN1C(=O)[C@H](CCCN=C(N)N)NC(=O)[C@H](CC(C)C)NC(=O)[C@@H](Cc1c[nH]c2ccccc12)NC(=O)[C@H](Cc1ccc(O)cc1)NC(=O)[C@H](CO)NC(=O)[C@H](Cc1c[nH]c2ccccc12)NC(=O)[C@@H](NC(=O)OCc1ccccc1)[C@@H](C)CC.Cl. The number of aromatic nitrogens is 2. The number of fused-ring (bicyclic) bond motifs is 2. The van der Waals surface area contributed by atoms with Crippen LogP contribution in [-0.2, 0) is 69.0 Å². The summed E-state index contributed by atoms with van der Waals surface area (Å²) in [6, 6.07) is 18.7. The number of phenols is 1. The number of hydrogen-bond donors (Lipinski definition) is 14. The highest BCUT2D eigenvalue weighted by molar-refractivity contribution is 5.99. The maximum absolute atomic E-state index is 15.1. The van der Waals surface area contributed by atoms with Gasteiger partial charge < -0.3 is 83.8 Å². The first-order valence-corrected chi connectivity index (χ1v) is 31.6. The van der Waals surface area contributed by atoms with Crippen molar-refractivity contribution in [2.75, 3.05) is 26.2 Å². The molecule has 6 aromatic rings. The number of nitrogens with one attached hydrogen (secondary N) is 10. The van der Waals surface area contributed by atoms with Crippen LogP contribution < -0.4 is 54.0 Å². The van der Waals surface area contributed by atoms with Crippen molar-refractivity contribution < 1.29 is 58.1 Å². The van der Waals surface area contributed by atoms with E-state index < -0.39 is 108 Å². The van der Waals surface area contributed by atoms with E-state index in [1.807, 2.05) is 63.2 Å². The fraction of sp³-hybridized carbons (Fsp3) is 0.433. The van der Waals surface area contributed by atoms with Crippen LogP contribution in [0.1, 0.15) is 95.4 Å². The van der Waals surface area contributed by atoms with Crippen LogP contribution in [0.15, 0.2) is 121 Å². The molecule has 1 aliphatic rings. The molecule has 94 heavy (non-hydrogen) atoms. The smallest absolute Gasteiger partial charge is 0.408 e. The zero-order valence-corrected chi connectivity index (χ0v) is 54.4. The number of benzene rings is 4. The summed E-state index contributed by atoms with van der Waals surface area (Å²) < 4.78 is 5.45. The molecule has 0 saturated carbocycles. The molecule has 506 valence electrons. The van der Waals surface area contributed by atoms with E-state index >= 15 is 9.59 Å². The lowest BCUT2D eigenvalue weighted by Gasteiger charge is -2.30. The summed E-state index contributed by atoms with van der Waals surface area (Å²) in [7, 11) is 0. The van der Waals surface area contributed by atoms with Crippen LogP contribution in [0.2, 0.25) is 0 Å². The standard InChI is InChI=1S/C67H88N14O12.ClH/c1-6-40(5)57(80-67(92)93-38-42-17-9-8-10-18-42)64(90)78-54(34-44-36-73-49-22-14-12-20-47(44)49)61(87)79-55(37-82)62(88)76-52(32-41-25-27-45(83)28-26-41)59(85)77-53(33-43-35-72-48-21-13-11-19-46(43)48)60(86)75-51(31-39(3)4)58(84)74-50(23-15-29-71-66(68)69)65(91)81-30-16-24-56(81)63(89)70-7-2;/h8-14,17-22,25-28,35-36,39-40,50-57,72-73,82-83H,6-7,15-16,23-24,29-34,37-38H2,1-5H3,(H,70,89)(H,74,84)(H,75,86)(H,76,88)(H,77,85)(H,78,90)(H,79,87)(H,80,92)(H4,68,69,71);1H/t40-,50-,51-,52-,53+,54-,55-,56-,57-;/m0./s1. The highest BCUT2D eigenvalue weighted by Crippen LogP contribution is 2.24. The highest BCUT2D eigenvalue weighted by atomic mass is 35.5. The van der Waals surface area contributed by atoms with Gasteiger partial charge in [0.1, 0.15) is 60.7 Å². The second kappa shape index (κ2) is 35.9. The Hall–Kier alpha value is -9.69. The Balaban J connectivity index is 0.0000140. The zero-order chi connectivity index (χ0) is 67.1. The van der Waals surface area contributed by atoms with E-state index in [0.717, 1.165) is 21.8 Å². The molecule has 0 radical (unpaired) electrons. The molecule has 0 aliphatic carbocycles. The number of para-hydroxylation sites is 2. The summed E-state index contributed by atoms with van der Waals surface area (Å²) in [6.07, 6.45) is 3.78. The van der Waals surface area contributed by atoms with Gasteiger partial charge in [0.15, 0.2) is 5.96 Å². The molecule has 1 aliphatic heterocycles. The van der Waals surface area contributed by atoms with Crippen LogP contribution in [0, 0.1) is 11.8 Å². The summed E-state index contributed by atoms with van der Waals surface area (Å²) in [5.41, 5.74) is 15.0. The Morgan fingerprint density at radius 1 is 0.628 bits per heavy atom. The predicted molar refractivity (Wildman–Crippen MR) is 358 cm³/mol. The first-order chi connectivity index (χ1) is 44.7. The zero-order valence-electron chi connectivity index (χ0n) is 53.6. The van der Waals surface area contributed by atoms with Gasteiger partial charge in [-0.1, -0.05) is 113 Å². The van der Waals surface area contributed by atoms with Gasteiger partial charge in [-0.2, -0.15) is 0 Å². The number of likely N-dealkylation sites (N-methyl/N-ethyl adjacent to an activating group) is 1. The number of carbonyl (C=O) groups excluding carboxylic acids is 9. The molecule has 9 amide bonds. The van der Waals surface area contributed by atoms with Gasteiger partial charge in [0.2, 0.25) is 47.3 Å². The molecule has 2 aromatic heterocycles. The summed E-state index contributed by atoms with van der Waals surface area (Å²) in [5.74, 6) is -6.85. The lowest BCUT2D eigenvalue weighted by atomic mass is 9.97. The van der Waals surface area contributed by atoms with E-state index in [2.05, 4.69) is 57.5 Å².